The monoisotopic (exact) mass is 479 g/mol. The third kappa shape index (κ3) is 8.72. The lowest BCUT2D eigenvalue weighted by atomic mass is 9.86. The van der Waals surface area contributed by atoms with E-state index >= 15 is 0 Å². The molecule has 0 heterocycles. The molecule has 0 radical (unpaired) electrons. The lowest BCUT2D eigenvalue weighted by molar-refractivity contribution is -0.162. The van der Waals surface area contributed by atoms with Gasteiger partial charge >= 0.3 is 18.0 Å². The van der Waals surface area contributed by atoms with Crippen LogP contribution in [-0.4, -0.2) is 56.1 Å². The molecule has 0 fully saturated rings. The molecule has 188 valence electrons. The normalized spacial score (nSPS) is 13.4. The van der Waals surface area contributed by atoms with Crippen molar-refractivity contribution in [3.63, 3.8) is 0 Å². The van der Waals surface area contributed by atoms with Crippen LogP contribution in [0.2, 0.25) is 0 Å². The predicted molar refractivity (Wildman–Crippen MR) is 121 cm³/mol. The molecule has 3 amide bonds. The SMILES string of the molecule is COC(=O)C(C(=O)OC)[C@@H](C)[C@@H](NC(=O)[C@H](CC(C)C)NC(=O)OCc1ccccc1)C(N)=O. The van der Waals surface area contributed by atoms with Gasteiger partial charge in [-0.25, -0.2) is 4.79 Å². The number of hydrogen-bond acceptors (Lipinski definition) is 8. The van der Waals surface area contributed by atoms with Crippen molar-refractivity contribution >= 4 is 29.8 Å². The van der Waals surface area contributed by atoms with Gasteiger partial charge in [-0.05, 0) is 17.9 Å². The number of hydrogen-bond donors (Lipinski definition) is 3. The van der Waals surface area contributed by atoms with Crippen LogP contribution >= 0.6 is 0 Å². The maximum atomic E-state index is 13.0. The first-order valence-corrected chi connectivity index (χ1v) is 10.7. The number of benzene rings is 1. The van der Waals surface area contributed by atoms with E-state index in [1.54, 1.807) is 24.3 Å². The second kappa shape index (κ2) is 13.8. The Hall–Kier alpha value is -3.63. The molecule has 0 saturated carbocycles. The fourth-order valence-electron chi connectivity index (χ4n) is 3.30. The number of nitrogens with one attached hydrogen (secondary N) is 2. The summed E-state index contributed by atoms with van der Waals surface area (Å²) in [6.07, 6.45) is -0.598. The van der Waals surface area contributed by atoms with Gasteiger partial charge in [0.25, 0.3) is 0 Å². The quantitative estimate of drug-likeness (QED) is 0.226. The molecule has 0 spiro atoms. The molecule has 4 N–H and O–H groups in total. The summed E-state index contributed by atoms with van der Waals surface area (Å²) >= 11 is 0. The molecule has 0 saturated heterocycles. The topological polar surface area (TPSA) is 163 Å². The molecule has 1 rings (SSSR count). The minimum atomic E-state index is -1.50. The van der Waals surface area contributed by atoms with Gasteiger partial charge in [0.1, 0.15) is 18.7 Å². The Morgan fingerprint density at radius 2 is 1.47 bits per heavy atom. The van der Waals surface area contributed by atoms with Crippen molar-refractivity contribution in [2.45, 2.75) is 45.9 Å². The van der Waals surface area contributed by atoms with Crippen LogP contribution in [0.15, 0.2) is 30.3 Å². The fraction of sp³-hybridized carbons (Fsp3) is 0.522. The van der Waals surface area contributed by atoms with E-state index in [-0.39, 0.29) is 18.9 Å². The molecule has 0 aliphatic carbocycles. The summed E-state index contributed by atoms with van der Waals surface area (Å²) in [5.74, 6) is -6.19. The number of ether oxygens (including phenoxy) is 3. The van der Waals surface area contributed by atoms with Gasteiger partial charge in [-0.15, -0.1) is 0 Å². The van der Waals surface area contributed by atoms with Gasteiger partial charge < -0.3 is 30.6 Å². The zero-order valence-electron chi connectivity index (χ0n) is 20.0. The number of primary amides is 1. The highest BCUT2D eigenvalue weighted by Crippen LogP contribution is 2.20. The highest BCUT2D eigenvalue weighted by Gasteiger charge is 2.42. The van der Waals surface area contributed by atoms with Crippen molar-refractivity contribution in [3.05, 3.63) is 35.9 Å². The van der Waals surface area contributed by atoms with Crippen molar-refractivity contribution in [2.75, 3.05) is 14.2 Å². The number of rotatable bonds is 12. The van der Waals surface area contributed by atoms with Gasteiger partial charge in [-0.3, -0.25) is 19.2 Å². The lowest BCUT2D eigenvalue weighted by Gasteiger charge is -2.28. The molecule has 34 heavy (non-hydrogen) atoms. The van der Waals surface area contributed by atoms with E-state index in [9.17, 15) is 24.0 Å². The summed E-state index contributed by atoms with van der Waals surface area (Å²) in [6, 6.07) is 6.50. The van der Waals surface area contributed by atoms with Crippen LogP contribution in [0.5, 0.6) is 0 Å². The number of carbonyl (C=O) groups excluding carboxylic acids is 5. The fourth-order valence-corrected chi connectivity index (χ4v) is 3.30. The smallest absolute Gasteiger partial charge is 0.408 e. The number of nitrogens with two attached hydrogens (primary N) is 1. The average Bonchev–Trinajstić information content (AvgIpc) is 2.80. The minimum absolute atomic E-state index is 0.00355. The molecular formula is C23H33N3O8. The molecule has 1 aromatic carbocycles. The Bertz CT molecular complexity index is 843. The van der Waals surface area contributed by atoms with Crippen molar-refractivity contribution in [1.82, 2.24) is 10.6 Å². The summed E-state index contributed by atoms with van der Waals surface area (Å²) in [7, 11) is 2.15. The van der Waals surface area contributed by atoms with Crippen LogP contribution in [0, 0.1) is 17.8 Å². The van der Waals surface area contributed by atoms with E-state index < -0.39 is 53.8 Å². The second-order valence-corrected chi connectivity index (χ2v) is 8.16. The Morgan fingerprint density at radius 1 is 0.912 bits per heavy atom. The van der Waals surface area contributed by atoms with Crippen LogP contribution < -0.4 is 16.4 Å². The number of carbonyl (C=O) groups is 5. The Kier molecular flexibility index (Phi) is 11.5. The Morgan fingerprint density at radius 3 is 1.94 bits per heavy atom. The maximum Gasteiger partial charge on any atom is 0.408 e. The summed E-state index contributed by atoms with van der Waals surface area (Å²) in [5, 5.41) is 4.93. The lowest BCUT2D eigenvalue weighted by Crippen LogP contribution is -2.57. The summed E-state index contributed by atoms with van der Waals surface area (Å²) in [4.78, 5) is 61.6. The molecule has 0 bridgehead atoms. The number of amides is 3. The molecule has 1 aromatic rings. The molecule has 0 unspecified atom stereocenters. The Labute approximate surface area is 198 Å². The van der Waals surface area contributed by atoms with Crippen LogP contribution in [0.4, 0.5) is 4.79 Å². The number of esters is 2. The first-order valence-electron chi connectivity index (χ1n) is 10.7. The molecular weight excluding hydrogens is 446 g/mol. The van der Waals surface area contributed by atoms with E-state index in [0.29, 0.717) is 0 Å². The van der Waals surface area contributed by atoms with Crippen LogP contribution in [0.1, 0.15) is 32.8 Å². The van der Waals surface area contributed by atoms with Crippen LogP contribution in [-0.2, 0) is 40.0 Å². The molecule has 3 atom stereocenters. The summed E-state index contributed by atoms with van der Waals surface area (Å²) < 4.78 is 14.4. The molecule has 0 aliphatic rings. The van der Waals surface area contributed by atoms with Crippen molar-refractivity contribution in [1.29, 1.82) is 0 Å². The van der Waals surface area contributed by atoms with Crippen LogP contribution in [0.3, 0.4) is 0 Å². The summed E-state index contributed by atoms with van der Waals surface area (Å²) in [5.41, 5.74) is 6.22. The van der Waals surface area contributed by atoms with Gasteiger partial charge in [0.15, 0.2) is 5.92 Å². The Balaban J connectivity index is 2.97. The van der Waals surface area contributed by atoms with Gasteiger partial charge in [-0.1, -0.05) is 51.1 Å². The summed E-state index contributed by atoms with van der Waals surface area (Å²) in [6.45, 7) is 5.07. The first-order chi connectivity index (χ1) is 16.0. The van der Waals surface area contributed by atoms with Crippen molar-refractivity contribution in [3.8, 4) is 0 Å². The van der Waals surface area contributed by atoms with Gasteiger partial charge in [-0.2, -0.15) is 0 Å². The first kappa shape index (κ1) is 28.4. The standard InChI is InChI=1S/C23H33N3O8/c1-13(2)11-16(25-23(31)34-12-15-9-7-6-8-10-15)20(28)26-18(19(24)27)14(3)17(21(29)32-4)22(30)33-5/h6-10,13-14,16-18H,11-12H2,1-5H3,(H2,24,27)(H,25,31)(H,26,28)/t14-,16+,18-/m1/s1. The highest BCUT2D eigenvalue weighted by atomic mass is 16.6. The number of alkyl carbamates (subject to hydrolysis) is 1. The second-order valence-electron chi connectivity index (χ2n) is 8.16. The van der Waals surface area contributed by atoms with E-state index in [1.165, 1.54) is 6.92 Å². The zero-order chi connectivity index (χ0) is 25.8. The molecule has 11 nitrogen and oxygen atoms in total. The van der Waals surface area contributed by atoms with E-state index in [2.05, 4.69) is 20.1 Å². The van der Waals surface area contributed by atoms with Crippen molar-refractivity contribution < 1.29 is 38.2 Å². The van der Waals surface area contributed by atoms with E-state index in [0.717, 1.165) is 19.8 Å². The van der Waals surface area contributed by atoms with Gasteiger partial charge in [0, 0.05) is 5.92 Å². The van der Waals surface area contributed by atoms with Crippen molar-refractivity contribution in [2.24, 2.45) is 23.5 Å². The number of methoxy groups -OCH3 is 2. The largest absolute Gasteiger partial charge is 0.468 e. The van der Waals surface area contributed by atoms with E-state index in [1.807, 2.05) is 19.9 Å². The average molecular weight is 480 g/mol. The molecule has 0 aromatic heterocycles. The molecule has 0 aliphatic heterocycles. The van der Waals surface area contributed by atoms with E-state index in [4.69, 9.17) is 10.5 Å². The third-order valence-electron chi connectivity index (χ3n) is 5.09. The zero-order valence-corrected chi connectivity index (χ0v) is 20.0. The maximum absolute atomic E-state index is 13.0. The van der Waals surface area contributed by atoms with Gasteiger partial charge in [0.2, 0.25) is 11.8 Å². The van der Waals surface area contributed by atoms with Gasteiger partial charge in [0.05, 0.1) is 14.2 Å². The predicted octanol–water partition coefficient (Wildman–Crippen LogP) is 0.896. The molecule has 11 heteroatoms. The third-order valence-corrected chi connectivity index (χ3v) is 5.09. The van der Waals surface area contributed by atoms with Crippen LogP contribution in [0.25, 0.3) is 0 Å². The minimum Gasteiger partial charge on any atom is -0.468 e. The highest BCUT2D eigenvalue weighted by molar-refractivity contribution is 5.97.